The molecule has 0 aliphatic heterocycles. The maximum atomic E-state index is 11.0. The summed E-state index contributed by atoms with van der Waals surface area (Å²) in [7, 11) is 0. The number of hydrogen-bond acceptors (Lipinski definition) is 5. The summed E-state index contributed by atoms with van der Waals surface area (Å²) in [6.45, 7) is 0. The molecule has 0 fully saturated rings. The van der Waals surface area contributed by atoms with E-state index in [1.54, 1.807) is 0 Å². The molecular weight excluding hydrogens is 222 g/mol. The Morgan fingerprint density at radius 2 is 1.80 bits per heavy atom. The molecule has 0 aromatic heterocycles. The minimum Gasteiger partial charge on any atom is -0.481 e. The van der Waals surface area contributed by atoms with Gasteiger partial charge in [0.05, 0.1) is 6.42 Å². The predicted octanol–water partition coefficient (Wildman–Crippen LogP) is -0.0870. The van der Waals surface area contributed by atoms with Crippen molar-refractivity contribution >= 4 is 28.8 Å². The van der Waals surface area contributed by atoms with Gasteiger partial charge in [0, 0.05) is 12.2 Å². The highest BCUT2D eigenvalue weighted by Crippen LogP contribution is 2.09. The van der Waals surface area contributed by atoms with Crippen molar-refractivity contribution in [2.75, 3.05) is 5.75 Å². The Morgan fingerprint density at radius 1 is 1.20 bits per heavy atom. The first kappa shape index (κ1) is 13.9. The van der Waals surface area contributed by atoms with Crippen LogP contribution >= 0.6 is 11.8 Å². The third-order valence-electron chi connectivity index (χ3n) is 1.55. The van der Waals surface area contributed by atoms with Crippen molar-refractivity contribution in [3.8, 4) is 0 Å². The first-order valence-corrected chi connectivity index (χ1v) is 5.28. The summed E-state index contributed by atoms with van der Waals surface area (Å²) in [5.74, 6) is -1.83. The van der Waals surface area contributed by atoms with Crippen LogP contribution in [0.15, 0.2) is 0 Å². The highest BCUT2D eigenvalue weighted by Gasteiger charge is 2.12. The number of carbonyl (C=O) groups is 3. The van der Waals surface area contributed by atoms with E-state index in [2.05, 4.69) is 0 Å². The number of aliphatic carboxylic acids is 2. The predicted molar refractivity (Wildman–Crippen MR) is 54.6 cm³/mol. The highest BCUT2D eigenvalue weighted by molar-refractivity contribution is 8.13. The maximum absolute atomic E-state index is 11.0. The molecule has 6 nitrogen and oxygen atoms in total. The van der Waals surface area contributed by atoms with Crippen LogP contribution in [0.2, 0.25) is 0 Å². The van der Waals surface area contributed by atoms with Crippen LogP contribution < -0.4 is 5.73 Å². The molecule has 0 amide bonds. The van der Waals surface area contributed by atoms with E-state index in [0.29, 0.717) is 5.75 Å². The summed E-state index contributed by atoms with van der Waals surface area (Å²) in [5, 5.41) is 16.5. The van der Waals surface area contributed by atoms with E-state index in [0.717, 1.165) is 11.8 Å². The Morgan fingerprint density at radius 3 is 2.27 bits per heavy atom. The molecule has 0 aromatic rings. The van der Waals surface area contributed by atoms with Crippen molar-refractivity contribution in [3.63, 3.8) is 0 Å². The largest absolute Gasteiger partial charge is 0.481 e. The van der Waals surface area contributed by atoms with Gasteiger partial charge in [-0.05, 0) is 6.42 Å². The molecule has 0 heterocycles. The SMILES string of the molecule is NC(CCSC(=O)CCC(=O)O)C(=O)O. The van der Waals surface area contributed by atoms with Crippen molar-refractivity contribution in [2.45, 2.75) is 25.3 Å². The van der Waals surface area contributed by atoms with Gasteiger partial charge in [0.25, 0.3) is 0 Å². The van der Waals surface area contributed by atoms with Crippen LogP contribution in [0.4, 0.5) is 0 Å². The number of nitrogens with two attached hydrogens (primary N) is 1. The third kappa shape index (κ3) is 7.95. The molecule has 0 radical (unpaired) electrons. The standard InChI is InChI=1S/C8H13NO5S/c9-5(8(13)14)3-4-15-7(12)2-1-6(10)11/h5H,1-4,9H2,(H,10,11)(H,13,14). The van der Waals surface area contributed by atoms with Crippen LogP contribution in [-0.2, 0) is 14.4 Å². The summed E-state index contributed by atoms with van der Waals surface area (Å²) in [5.41, 5.74) is 5.21. The quantitative estimate of drug-likeness (QED) is 0.564. The van der Waals surface area contributed by atoms with Crippen LogP contribution in [0.25, 0.3) is 0 Å². The van der Waals surface area contributed by atoms with E-state index >= 15 is 0 Å². The van der Waals surface area contributed by atoms with Crippen LogP contribution in [0.5, 0.6) is 0 Å². The first-order chi connectivity index (χ1) is 6.93. The second-order valence-electron chi connectivity index (χ2n) is 2.85. The number of carboxylic acid groups (broad SMARTS) is 2. The summed E-state index contributed by atoms with van der Waals surface area (Å²) in [4.78, 5) is 31.4. The average molecular weight is 235 g/mol. The van der Waals surface area contributed by atoms with E-state index in [1.165, 1.54) is 0 Å². The molecular formula is C8H13NO5S. The van der Waals surface area contributed by atoms with Gasteiger partial charge in [-0.2, -0.15) is 0 Å². The normalized spacial score (nSPS) is 12.1. The first-order valence-electron chi connectivity index (χ1n) is 4.29. The van der Waals surface area contributed by atoms with Crippen molar-refractivity contribution in [1.29, 1.82) is 0 Å². The molecule has 0 rings (SSSR count). The van der Waals surface area contributed by atoms with Crippen LogP contribution in [0, 0.1) is 0 Å². The summed E-state index contributed by atoms with van der Waals surface area (Å²) in [6, 6.07) is -0.968. The van der Waals surface area contributed by atoms with Crippen molar-refractivity contribution in [3.05, 3.63) is 0 Å². The number of carbonyl (C=O) groups excluding carboxylic acids is 1. The average Bonchev–Trinajstić information content (AvgIpc) is 2.14. The molecule has 0 aliphatic carbocycles. The Kier molecular flexibility index (Phi) is 6.72. The zero-order chi connectivity index (χ0) is 11.8. The molecule has 15 heavy (non-hydrogen) atoms. The molecule has 4 N–H and O–H groups in total. The third-order valence-corrected chi connectivity index (χ3v) is 2.52. The van der Waals surface area contributed by atoms with Crippen LogP contribution in [0.3, 0.4) is 0 Å². The second-order valence-corrected chi connectivity index (χ2v) is 4.00. The fourth-order valence-electron chi connectivity index (χ4n) is 0.704. The number of hydrogen-bond donors (Lipinski definition) is 3. The molecule has 0 spiro atoms. The Hall–Kier alpha value is -1.08. The lowest BCUT2D eigenvalue weighted by Gasteiger charge is -2.04. The summed E-state index contributed by atoms with van der Waals surface area (Å²) >= 11 is 0.919. The van der Waals surface area contributed by atoms with Crippen molar-refractivity contribution < 1.29 is 24.6 Å². The van der Waals surface area contributed by atoms with Crippen molar-refractivity contribution in [1.82, 2.24) is 0 Å². The second kappa shape index (κ2) is 7.24. The number of thioether (sulfide) groups is 1. The molecule has 1 unspecified atom stereocenters. The lowest BCUT2D eigenvalue weighted by molar-refractivity contribution is -0.139. The minimum absolute atomic E-state index is 0.0394. The van der Waals surface area contributed by atoms with E-state index < -0.39 is 18.0 Å². The molecule has 86 valence electrons. The van der Waals surface area contributed by atoms with E-state index in [1.807, 2.05) is 0 Å². The fraction of sp³-hybridized carbons (Fsp3) is 0.625. The Balaban J connectivity index is 3.55. The van der Waals surface area contributed by atoms with Gasteiger partial charge < -0.3 is 15.9 Å². The maximum Gasteiger partial charge on any atom is 0.320 e. The zero-order valence-electron chi connectivity index (χ0n) is 8.01. The molecule has 0 saturated heterocycles. The molecule has 0 aliphatic rings. The highest BCUT2D eigenvalue weighted by atomic mass is 32.2. The van der Waals surface area contributed by atoms with Gasteiger partial charge in [0.15, 0.2) is 5.12 Å². The van der Waals surface area contributed by atoms with E-state index in [9.17, 15) is 14.4 Å². The topological polar surface area (TPSA) is 118 Å². The van der Waals surface area contributed by atoms with E-state index in [4.69, 9.17) is 15.9 Å². The minimum atomic E-state index is -1.10. The lowest BCUT2D eigenvalue weighted by Crippen LogP contribution is -2.30. The molecule has 1 atom stereocenters. The lowest BCUT2D eigenvalue weighted by atomic mass is 10.2. The van der Waals surface area contributed by atoms with Crippen molar-refractivity contribution in [2.24, 2.45) is 5.73 Å². The molecule has 0 bridgehead atoms. The van der Waals surface area contributed by atoms with Gasteiger partial charge in [-0.1, -0.05) is 11.8 Å². The van der Waals surface area contributed by atoms with Gasteiger partial charge in [-0.25, -0.2) is 0 Å². The Labute approximate surface area is 90.8 Å². The van der Waals surface area contributed by atoms with Gasteiger partial charge in [0.2, 0.25) is 0 Å². The molecule has 7 heteroatoms. The zero-order valence-corrected chi connectivity index (χ0v) is 8.83. The van der Waals surface area contributed by atoms with Gasteiger partial charge in [0.1, 0.15) is 6.04 Å². The van der Waals surface area contributed by atoms with E-state index in [-0.39, 0.29) is 24.4 Å². The number of rotatable bonds is 7. The fourth-order valence-corrected chi connectivity index (χ4v) is 1.55. The summed E-state index contributed by atoms with van der Waals surface area (Å²) in [6.07, 6.45) is -0.0437. The van der Waals surface area contributed by atoms with Crippen LogP contribution in [0.1, 0.15) is 19.3 Å². The summed E-state index contributed by atoms with van der Waals surface area (Å²) < 4.78 is 0. The monoisotopic (exact) mass is 235 g/mol. The van der Waals surface area contributed by atoms with Gasteiger partial charge in [-0.3, -0.25) is 14.4 Å². The Bertz CT molecular complexity index is 255. The smallest absolute Gasteiger partial charge is 0.320 e. The molecule has 0 aromatic carbocycles. The van der Waals surface area contributed by atoms with Gasteiger partial charge >= 0.3 is 11.9 Å². The molecule has 0 saturated carbocycles. The number of carboxylic acids is 2. The van der Waals surface area contributed by atoms with Crippen LogP contribution in [-0.4, -0.2) is 39.1 Å². The van der Waals surface area contributed by atoms with Gasteiger partial charge in [-0.15, -0.1) is 0 Å².